The zero-order valence-electron chi connectivity index (χ0n) is 20.5. The van der Waals surface area contributed by atoms with E-state index in [9.17, 15) is 22.8 Å². The third-order valence-electron chi connectivity index (χ3n) is 5.76. The highest BCUT2D eigenvalue weighted by atomic mass is 35.5. The molecule has 4 rings (SSSR count). The van der Waals surface area contributed by atoms with Gasteiger partial charge in [0, 0.05) is 6.20 Å². The van der Waals surface area contributed by atoms with Gasteiger partial charge in [-0.15, -0.1) is 0 Å². The predicted molar refractivity (Wildman–Crippen MR) is 139 cm³/mol. The van der Waals surface area contributed by atoms with Gasteiger partial charge in [0.2, 0.25) is 0 Å². The second-order valence-corrected chi connectivity index (χ2v) is 11.4. The van der Waals surface area contributed by atoms with Gasteiger partial charge in [0.1, 0.15) is 0 Å². The summed E-state index contributed by atoms with van der Waals surface area (Å²) < 4.78 is 33.8. The van der Waals surface area contributed by atoms with Crippen LogP contribution in [-0.2, 0) is 20.2 Å². The quantitative estimate of drug-likeness (QED) is 0.351. The van der Waals surface area contributed by atoms with Crippen LogP contribution in [0.1, 0.15) is 64.5 Å². The minimum Gasteiger partial charge on any atom is -0.461 e. The first kappa shape index (κ1) is 26.3. The molecule has 0 aliphatic carbocycles. The van der Waals surface area contributed by atoms with Crippen molar-refractivity contribution in [2.75, 3.05) is 16.2 Å². The molecular formula is C26H24ClN3O6S. The highest BCUT2D eigenvalue weighted by Crippen LogP contribution is 2.38. The van der Waals surface area contributed by atoms with E-state index in [0.717, 1.165) is 10.5 Å². The molecule has 1 aliphatic rings. The molecule has 0 atom stereocenters. The molecule has 2 amide bonds. The van der Waals surface area contributed by atoms with Gasteiger partial charge < -0.3 is 4.74 Å². The molecule has 0 saturated carbocycles. The number of nitrogens with zero attached hydrogens (tertiary/aromatic N) is 2. The average molecular weight is 542 g/mol. The molecule has 0 spiro atoms. The largest absolute Gasteiger partial charge is 0.461 e. The number of aromatic nitrogens is 1. The number of pyridine rings is 1. The van der Waals surface area contributed by atoms with Crippen molar-refractivity contribution in [2.24, 2.45) is 0 Å². The fourth-order valence-corrected chi connectivity index (χ4v) is 5.21. The van der Waals surface area contributed by atoms with E-state index in [-0.39, 0.29) is 50.1 Å². The number of esters is 1. The fraction of sp³-hybridized carbons (Fsp3) is 0.231. The molecular weight excluding hydrogens is 518 g/mol. The van der Waals surface area contributed by atoms with E-state index in [1.54, 1.807) is 19.1 Å². The lowest BCUT2D eigenvalue weighted by Gasteiger charge is -2.19. The highest BCUT2D eigenvalue weighted by Gasteiger charge is 2.43. The van der Waals surface area contributed by atoms with E-state index in [4.69, 9.17) is 16.3 Å². The number of amides is 2. The summed E-state index contributed by atoms with van der Waals surface area (Å²) in [5.41, 5.74) is -0.103. The lowest BCUT2D eigenvalue weighted by Crippen LogP contribution is -2.31. The number of anilines is 2. The summed E-state index contributed by atoms with van der Waals surface area (Å²) in [6.45, 7) is 7.70. The lowest BCUT2D eigenvalue weighted by molar-refractivity contribution is 0.0520. The number of fused-ring (bicyclic) bond motifs is 1. The Hall–Kier alpha value is -3.76. The molecule has 0 unspecified atom stereocenters. The molecule has 0 bridgehead atoms. The smallest absolute Gasteiger partial charge is 0.359 e. The highest BCUT2D eigenvalue weighted by molar-refractivity contribution is 7.92. The van der Waals surface area contributed by atoms with Crippen LogP contribution in [-0.4, -0.2) is 37.8 Å². The number of sulfonamides is 1. The van der Waals surface area contributed by atoms with Crippen LogP contribution in [0.3, 0.4) is 0 Å². The Morgan fingerprint density at radius 2 is 1.68 bits per heavy atom. The van der Waals surface area contributed by atoms with Crippen molar-refractivity contribution in [3.05, 3.63) is 82.1 Å². The number of rotatable bonds is 6. The Bertz CT molecular complexity index is 1530. The van der Waals surface area contributed by atoms with E-state index in [0.29, 0.717) is 0 Å². The number of ether oxygens (including phenoxy) is 1. The van der Waals surface area contributed by atoms with E-state index in [2.05, 4.69) is 9.71 Å². The molecule has 0 fully saturated rings. The number of carbonyl (C=O) groups excluding carboxylic acids is 3. The van der Waals surface area contributed by atoms with Gasteiger partial charge in [-0.2, -0.15) is 0 Å². The number of hydrogen-bond donors (Lipinski definition) is 1. The molecule has 3 aromatic rings. The van der Waals surface area contributed by atoms with Crippen LogP contribution in [0.15, 0.2) is 59.6 Å². The maximum atomic E-state index is 13.5. The van der Waals surface area contributed by atoms with Crippen LogP contribution in [0.25, 0.3) is 0 Å². The summed E-state index contributed by atoms with van der Waals surface area (Å²) in [6.07, 6.45) is 1.32. The molecule has 192 valence electrons. The molecule has 0 saturated heterocycles. The van der Waals surface area contributed by atoms with E-state index < -0.39 is 27.8 Å². The van der Waals surface area contributed by atoms with Crippen molar-refractivity contribution < 1.29 is 27.5 Å². The predicted octanol–water partition coefficient (Wildman–Crippen LogP) is 4.81. The Kier molecular flexibility index (Phi) is 6.83. The van der Waals surface area contributed by atoms with Crippen molar-refractivity contribution in [1.82, 2.24) is 4.98 Å². The second-order valence-electron chi connectivity index (χ2n) is 9.26. The Labute approximate surface area is 219 Å². The monoisotopic (exact) mass is 541 g/mol. The second kappa shape index (κ2) is 9.60. The van der Waals surface area contributed by atoms with Gasteiger partial charge in [0.25, 0.3) is 21.8 Å². The van der Waals surface area contributed by atoms with Crippen LogP contribution in [0.5, 0.6) is 0 Å². The van der Waals surface area contributed by atoms with Gasteiger partial charge in [0.05, 0.1) is 39.0 Å². The summed E-state index contributed by atoms with van der Waals surface area (Å²) in [7, 11) is -4.12. The normalized spacial score (nSPS) is 13.5. The fourth-order valence-electron chi connectivity index (χ4n) is 3.90. The summed E-state index contributed by atoms with van der Waals surface area (Å²) >= 11 is 6.27. The third kappa shape index (κ3) is 4.82. The molecule has 1 N–H and O–H groups in total. The van der Waals surface area contributed by atoms with Crippen molar-refractivity contribution >= 4 is 50.8 Å². The molecule has 37 heavy (non-hydrogen) atoms. The SMILES string of the molecule is CCOC(=O)c1ncccc1N1C(=O)c2c(Cl)ccc(NS(=O)(=O)c3ccc(C(C)(C)C)cc3)c2C1=O. The van der Waals surface area contributed by atoms with Gasteiger partial charge in [-0.05, 0) is 54.3 Å². The zero-order chi connectivity index (χ0) is 27.1. The van der Waals surface area contributed by atoms with Crippen molar-refractivity contribution in [2.45, 2.75) is 38.0 Å². The van der Waals surface area contributed by atoms with Gasteiger partial charge in [-0.1, -0.05) is 44.5 Å². The minimum atomic E-state index is -4.12. The maximum Gasteiger partial charge on any atom is 0.359 e. The van der Waals surface area contributed by atoms with Gasteiger partial charge in [-0.3, -0.25) is 14.3 Å². The Morgan fingerprint density at radius 1 is 1.03 bits per heavy atom. The minimum absolute atomic E-state index is 0.0188. The van der Waals surface area contributed by atoms with Crippen LogP contribution < -0.4 is 9.62 Å². The zero-order valence-corrected chi connectivity index (χ0v) is 22.1. The molecule has 2 heterocycles. The number of benzene rings is 2. The van der Waals surface area contributed by atoms with Crippen molar-refractivity contribution in [3.63, 3.8) is 0 Å². The summed E-state index contributed by atoms with van der Waals surface area (Å²) in [6, 6.07) is 11.8. The third-order valence-corrected chi connectivity index (χ3v) is 7.46. The number of imide groups is 1. The first-order valence-electron chi connectivity index (χ1n) is 11.3. The molecule has 0 radical (unpaired) electrons. The summed E-state index contributed by atoms with van der Waals surface area (Å²) in [5.74, 6) is -2.50. The number of carbonyl (C=O) groups is 3. The maximum absolute atomic E-state index is 13.5. The van der Waals surface area contributed by atoms with Crippen molar-refractivity contribution in [3.8, 4) is 0 Å². The first-order chi connectivity index (χ1) is 17.4. The standard InChI is InChI=1S/C26H24ClN3O6S/c1-5-36-25(33)22-19(7-6-14-28-22)30-23(31)20-17(27)12-13-18(21(20)24(30)32)29-37(34,35)16-10-8-15(9-11-16)26(2,3)4/h6-14,29H,5H2,1-4H3. The van der Waals surface area contributed by atoms with E-state index in [1.165, 1.54) is 42.6 Å². The first-order valence-corrected chi connectivity index (χ1v) is 13.2. The number of nitrogens with one attached hydrogen (secondary N) is 1. The molecule has 1 aliphatic heterocycles. The summed E-state index contributed by atoms with van der Waals surface area (Å²) in [5, 5.41) is -0.0464. The Morgan fingerprint density at radius 3 is 2.30 bits per heavy atom. The van der Waals surface area contributed by atoms with Gasteiger partial charge >= 0.3 is 5.97 Å². The van der Waals surface area contributed by atoms with Crippen LogP contribution in [0.4, 0.5) is 11.4 Å². The summed E-state index contributed by atoms with van der Waals surface area (Å²) in [4.78, 5) is 44.0. The molecule has 1 aromatic heterocycles. The lowest BCUT2D eigenvalue weighted by atomic mass is 9.87. The molecule has 11 heteroatoms. The topological polar surface area (TPSA) is 123 Å². The van der Waals surface area contributed by atoms with E-state index in [1.807, 2.05) is 20.8 Å². The average Bonchev–Trinajstić information content (AvgIpc) is 3.11. The molecule has 9 nitrogen and oxygen atoms in total. The molecule has 2 aromatic carbocycles. The van der Waals surface area contributed by atoms with E-state index >= 15 is 0 Å². The van der Waals surface area contributed by atoms with Crippen LogP contribution in [0.2, 0.25) is 5.02 Å². The van der Waals surface area contributed by atoms with Crippen LogP contribution >= 0.6 is 11.6 Å². The van der Waals surface area contributed by atoms with Crippen molar-refractivity contribution in [1.29, 1.82) is 0 Å². The number of hydrogen-bond acceptors (Lipinski definition) is 7. The Balaban J connectivity index is 1.75. The van der Waals surface area contributed by atoms with Crippen LogP contribution in [0, 0.1) is 0 Å². The number of halogens is 1. The van der Waals surface area contributed by atoms with Gasteiger partial charge in [0.15, 0.2) is 5.69 Å². The van der Waals surface area contributed by atoms with Gasteiger partial charge in [-0.25, -0.2) is 23.1 Å².